The summed E-state index contributed by atoms with van der Waals surface area (Å²) in [6.07, 6.45) is 0. The highest BCUT2D eigenvalue weighted by Crippen LogP contribution is 2.30. The minimum absolute atomic E-state index is 0.0482. The zero-order chi connectivity index (χ0) is 18.3. The summed E-state index contributed by atoms with van der Waals surface area (Å²) in [6.45, 7) is 3.15. The standard InChI is InChI=1S/C18H14N2O5/c1-10-6-7-11(2)13(8-10)15(21)9-19-17(22)12-4-3-5-14(20(24)25)16(12)18(19)23/h3-8H,9H2,1-2H3. The molecule has 2 aromatic carbocycles. The number of ketones is 1. The SMILES string of the molecule is Cc1ccc(C)c(C(=O)CN2C(=O)c3cccc([N+](=O)[O-])c3C2=O)c1. The molecule has 1 aliphatic heterocycles. The fourth-order valence-electron chi connectivity index (χ4n) is 2.88. The summed E-state index contributed by atoms with van der Waals surface area (Å²) in [5, 5.41) is 11.1. The number of nitro benzene ring substituents is 1. The quantitative estimate of drug-likeness (QED) is 0.369. The molecule has 1 aliphatic rings. The number of nitro groups is 1. The maximum absolute atomic E-state index is 12.6. The summed E-state index contributed by atoms with van der Waals surface area (Å²) < 4.78 is 0. The van der Waals surface area contributed by atoms with Crippen molar-refractivity contribution in [3.8, 4) is 0 Å². The van der Waals surface area contributed by atoms with Crippen LogP contribution in [-0.4, -0.2) is 34.0 Å². The van der Waals surface area contributed by atoms with Crippen molar-refractivity contribution in [3.63, 3.8) is 0 Å². The number of carbonyl (C=O) groups excluding carboxylic acids is 3. The lowest BCUT2D eigenvalue weighted by molar-refractivity contribution is -0.385. The number of aryl methyl sites for hydroxylation is 2. The van der Waals surface area contributed by atoms with Gasteiger partial charge in [-0.3, -0.25) is 29.4 Å². The van der Waals surface area contributed by atoms with E-state index < -0.39 is 34.8 Å². The maximum Gasteiger partial charge on any atom is 0.282 e. The summed E-state index contributed by atoms with van der Waals surface area (Å²) in [7, 11) is 0. The van der Waals surface area contributed by atoms with Crippen molar-refractivity contribution < 1.29 is 19.3 Å². The highest BCUT2D eigenvalue weighted by atomic mass is 16.6. The van der Waals surface area contributed by atoms with E-state index in [0.717, 1.165) is 16.0 Å². The van der Waals surface area contributed by atoms with Crippen LogP contribution in [0.25, 0.3) is 0 Å². The second kappa shape index (κ2) is 5.94. The van der Waals surface area contributed by atoms with Crippen molar-refractivity contribution in [2.24, 2.45) is 0 Å². The number of nitrogens with zero attached hydrogens (tertiary/aromatic N) is 2. The van der Waals surface area contributed by atoms with Crippen molar-refractivity contribution in [2.75, 3.05) is 6.54 Å². The molecule has 0 saturated carbocycles. The molecule has 0 fully saturated rings. The van der Waals surface area contributed by atoms with Crippen LogP contribution in [0.4, 0.5) is 5.69 Å². The third kappa shape index (κ3) is 2.69. The predicted octanol–water partition coefficient (Wildman–Crippen LogP) is 2.69. The summed E-state index contributed by atoms with van der Waals surface area (Å²) in [5.74, 6) is -1.90. The van der Waals surface area contributed by atoms with Gasteiger partial charge >= 0.3 is 0 Å². The largest absolute Gasteiger partial charge is 0.292 e. The zero-order valence-electron chi connectivity index (χ0n) is 13.6. The summed E-state index contributed by atoms with van der Waals surface area (Å²) in [6, 6.07) is 9.20. The minimum atomic E-state index is -0.814. The lowest BCUT2D eigenvalue weighted by atomic mass is 10.0. The van der Waals surface area contributed by atoms with E-state index in [1.54, 1.807) is 19.1 Å². The van der Waals surface area contributed by atoms with Gasteiger partial charge in [0.05, 0.1) is 17.0 Å². The van der Waals surface area contributed by atoms with E-state index in [1.807, 2.05) is 13.0 Å². The Morgan fingerprint density at radius 3 is 2.52 bits per heavy atom. The van der Waals surface area contributed by atoms with E-state index in [4.69, 9.17) is 0 Å². The lowest BCUT2D eigenvalue weighted by Crippen LogP contribution is -2.35. The Morgan fingerprint density at radius 1 is 1.12 bits per heavy atom. The highest BCUT2D eigenvalue weighted by Gasteiger charge is 2.41. The second-order valence-corrected chi connectivity index (χ2v) is 5.89. The van der Waals surface area contributed by atoms with E-state index in [9.17, 15) is 24.5 Å². The Bertz CT molecular complexity index is 948. The van der Waals surface area contributed by atoms with Crippen LogP contribution in [0.15, 0.2) is 36.4 Å². The molecule has 126 valence electrons. The van der Waals surface area contributed by atoms with Crippen molar-refractivity contribution in [1.82, 2.24) is 4.90 Å². The number of hydrogen-bond acceptors (Lipinski definition) is 5. The van der Waals surface area contributed by atoms with Crippen LogP contribution in [0.1, 0.15) is 42.2 Å². The number of fused-ring (bicyclic) bond motifs is 1. The number of imide groups is 1. The molecule has 25 heavy (non-hydrogen) atoms. The highest BCUT2D eigenvalue weighted by molar-refractivity contribution is 6.24. The molecule has 0 spiro atoms. The minimum Gasteiger partial charge on any atom is -0.292 e. The average Bonchev–Trinajstić information content (AvgIpc) is 2.82. The zero-order valence-corrected chi connectivity index (χ0v) is 13.6. The number of Topliss-reactive ketones (excluding diaryl/α,β-unsaturated/α-hetero) is 1. The molecular formula is C18H14N2O5. The molecule has 7 heteroatoms. The first-order chi connectivity index (χ1) is 11.8. The Morgan fingerprint density at radius 2 is 1.84 bits per heavy atom. The monoisotopic (exact) mass is 338 g/mol. The molecule has 0 aliphatic carbocycles. The predicted molar refractivity (Wildman–Crippen MR) is 88.7 cm³/mol. The van der Waals surface area contributed by atoms with Gasteiger partial charge in [-0.25, -0.2) is 0 Å². The van der Waals surface area contributed by atoms with Crippen molar-refractivity contribution in [1.29, 1.82) is 0 Å². The Hall–Kier alpha value is -3.35. The van der Waals surface area contributed by atoms with Gasteiger partial charge in [-0.15, -0.1) is 0 Å². The number of benzene rings is 2. The van der Waals surface area contributed by atoms with Crippen LogP contribution < -0.4 is 0 Å². The van der Waals surface area contributed by atoms with Crippen LogP contribution in [0.3, 0.4) is 0 Å². The normalized spacial score (nSPS) is 13.1. The van der Waals surface area contributed by atoms with E-state index in [1.165, 1.54) is 18.2 Å². The van der Waals surface area contributed by atoms with Crippen molar-refractivity contribution >= 4 is 23.3 Å². The third-order valence-corrected chi connectivity index (χ3v) is 4.17. The molecule has 2 aromatic rings. The van der Waals surface area contributed by atoms with Gasteiger partial charge in [-0.1, -0.05) is 23.8 Å². The van der Waals surface area contributed by atoms with Crippen molar-refractivity contribution in [3.05, 3.63) is 74.3 Å². The van der Waals surface area contributed by atoms with Crippen LogP contribution >= 0.6 is 0 Å². The number of amides is 2. The smallest absolute Gasteiger partial charge is 0.282 e. The topological polar surface area (TPSA) is 97.6 Å². The molecule has 0 unspecified atom stereocenters. The molecular weight excluding hydrogens is 324 g/mol. The van der Waals surface area contributed by atoms with Gasteiger partial charge in [0.1, 0.15) is 5.56 Å². The summed E-state index contributed by atoms with van der Waals surface area (Å²) >= 11 is 0. The van der Waals surface area contributed by atoms with Crippen LogP contribution in [0, 0.1) is 24.0 Å². The Kier molecular flexibility index (Phi) is 3.92. The molecule has 1 heterocycles. The first-order valence-corrected chi connectivity index (χ1v) is 7.55. The van der Waals surface area contributed by atoms with Gasteiger partial charge in [-0.2, -0.15) is 0 Å². The third-order valence-electron chi connectivity index (χ3n) is 4.17. The van der Waals surface area contributed by atoms with Gasteiger partial charge in [0.15, 0.2) is 5.78 Å². The van der Waals surface area contributed by atoms with Crippen LogP contribution in [0.5, 0.6) is 0 Å². The number of hydrogen-bond donors (Lipinski definition) is 0. The first-order valence-electron chi connectivity index (χ1n) is 7.55. The molecule has 2 amide bonds. The van der Waals surface area contributed by atoms with E-state index >= 15 is 0 Å². The van der Waals surface area contributed by atoms with Crippen LogP contribution in [-0.2, 0) is 0 Å². The first kappa shape index (κ1) is 16.5. The van der Waals surface area contributed by atoms with Crippen LogP contribution in [0.2, 0.25) is 0 Å². The molecule has 7 nitrogen and oxygen atoms in total. The molecule has 0 bridgehead atoms. The second-order valence-electron chi connectivity index (χ2n) is 5.89. The molecule has 3 rings (SSSR count). The summed E-state index contributed by atoms with van der Waals surface area (Å²) in [5.41, 5.74) is 1.30. The molecule has 0 saturated heterocycles. The molecule has 0 atom stereocenters. The molecule has 0 N–H and O–H groups in total. The van der Waals surface area contributed by atoms with Gasteiger partial charge in [0, 0.05) is 11.6 Å². The molecule has 0 radical (unpaired) electrons. The van der Waals surface area contributed by atoms with Gasteiger partial charge < -0.3 is 0 Å². The van der Waals surface area contributed by atoms with E-state index in [2.05, 4.69) is 0 Å². The lowest BCUT2D eigenvalue weighted by Gasteiger charge is -2.14. The number of rotatable bonds is 4. The Balaban J connectivity index is 1.95. The molecule has 0 aromatic heterocycles. The van der Waals surface area contributed by atoms with E-state index in [-0.39, 0.29) is 11.1 Å². The van der Waals surface area contributed by atoms with E-state index in [0.29, 0.717) is 5.56 Å². The van der Waals surface area contributed by atoms with Crippen molar-refractivity contribution in [2.45, 2.75) is 13.8 Å². The maximum atomic E-state index is 12.6. The fourth-order valence-corrected chi connectivity index (χ4v) is 2.88. The Labute approximate surface area is 143 Å². The van der Waals surface area contributed by atoms with Gasteiger partial charge in [0.25, 0.3) is 17.5 Å². The van der Waals surface area contributed by atoms with Gasteiger partial charge in [-0.05, 0) is 31.5 Å². The summed E-state index contributed by atoms with van der Waals surface area (Å²) in [4.78, 5) is 48.6. The fraction of sp³-hybridized carbons (Fsp3) is 0.167. The van der Waals surface area contributed by atoms with Gasteiger partial charge in [0.2, 0.25) is 0 Å². The average molecular weight is 338 g/mol. The number of carbonyl (C=O) groups is 3.